The van der Waals surface area contributed by atoms with Crippen molar-refractivity contribution in [1.82, 2.24) is 9.55 Å². The van der Waals surface area contributed by atoms with Crippen molar-refractivity contribution in [3.63, 3.8) is 0 Å². The largest absolute Gasteiger partial charge is 0.497 e. The van der Waals surface area contributed by atoms with Gasteiger partial charge < -0.3 is 15.2 Å². The second kappa shape index (κ2) is 7.13. The molecular weight excluding hydrogens is 362 g/mol. The molecule has 136 valence electrons. The fraction of sp³-hybridized carbons (Fsp3) is 0.100. The molecule has 0 saturated heterocycles. The number of carbonyl (C=O) groups excluding carboxylic acids is 1. The number of carbonyl (C=O) groups is 1. The molecule has 6 nitrogen and oxygen atoms in total. The molecular formula is C20H17N3O3S. The first-order valence-corrected chi connectivity index (χ1v) is 9.09. The van der Waals surface area contributed by atoms with Crippen LogP contribution in [0.15, 0.2) is 60.9 Å². The summed E-state index contributed by atoms with van der Waals surface area (Å²) < 4.78 is 13.0. The Kier molecular flexibility index (Phi) is 4.52. The predicted octanol–water partition coefficient (Wildman–Crippen LogP) is 3.77. The summed E-state index contributed by atoms with van der Waals surface area (Å²) in [5.74, 6) is 0.696. The van der Waals surface area contributed by atoms with Crippen LogP contribution in [-0.2, 0) is 6.61 Å². The number of thiophene rings is 1. The van der Waals surface area contributed by atoms with Crippen LogP contribution in [0.1, 0.15) is 15.2 Å². The van der Waals surface area contributed by atoms with E-state index in [-0.39, 0.29) is 0 Å². The van der Waals surface area contributed by atoms with E-state index in [0.717, 1.165) is 27.3 Å². The number of hydrogen-bond donors (Lipinski definition) is 1. The molecule has 0 unspecified atom stereocenters. The lowest BCUT2D eigenvalue weighted by molar-refractivity contribution is 0.1000. The molecule has 0 aliphatic rings. The van der Waals surface area contributed by atoms with Crippen LogP contribution in [0, 0.1) is 0 Å². The second-order valence-corrected chi connectivity index (χ2v) is 6.92. The number of benzene rings is 2. The van der Waals surface area contributed by atoms with Gasteiger partial charge in [-0.25, -0.2) is 4.98 Å². The van der Waals surface area contributed by atoms with E-state index in [4.69, 9.17) is 15.2 Å². The minimum atomic E-state index is -0.517. The molecule has 1 amide bonds. The molecule has 7 heteroatoms. The first-order valence-electron chi connectivity index (χ1n) is 8.27. The number of fused-ring (bicyclic) bond motifs is 1. The van der Waals surface area contributed by atoms with Crippen LogP contribution >= 0.6 is 11.3 Å². The lowest BCUT2D eigenvalue weighted by Crippen LogP contribution is -2.10. The van der Waals surface area contributed by atoms with Crippen LogP contribution in [-0.4, -0.2) is 22.6 Å². The van der Waals surface area contributed by atoms with Crippen molar-refractivity contribution < 1.29 is 14.3 Å². The van der Waals surface area contributed by atoms with Gasteiger partial charge in [0.2, 0.25) is 0 Å². The topological polar surface area (TPSA) is 79.4 Å². The zero-order valence-electron chi connectivity index (χ0n) is 14.6. The van der Waals surface area contributed by atoms with Crippen molar-refractivity contribution in [1.29, 1.82) is 0 Å². The Morgan fingerprint density at radius 3 is 2.85 bits per heavy atom. The summed E-state index contributed by atoms with van der Waals surface area (Å²) in [5, 5.41) is 0.818. The minimum absolute atomic E-state index is 0.304. The Labute approximate surface area is 159 Å². The average molecular weight is 379 g/mol. The van der Waals surface area contributed by atoms with E-state index in [9.17, 15) is 4.79 Å². The predicted molar refractivity (Wildman–Crippen MR) is 105 cm³/mol. The highest BCUT2D eigenvalue weighted by molar-refractivity contribution is 7.16. The summed E-state index contributed by atoms with van der Waals surface area (Å²) in [6.07, 6.45) is 1.73. The number of para-hydroxylation sites is 2. The number of aromatic nitrogens is 2. The van der Waals surface area contributed by atoms with Crippen LogP contribution in [0.3, 0.4) is 0 Å². The zero-order valence-corrected chi connectivity index (χ0v) is 15.4. The molecule has 2 N–H and O–H groups in total. The molecule has 0 aliphatic heterocycles. The number of primary amides is 1. The number of nitrogens with two attached hydrogens (primary N) is 1. The van der Waals surface area contributed by atoms with Gasteiger partial charge in [0.25, 0.3) is 5.91 Å². The van der Waals surface area contributed by atoms with Gasteiger partial charge in [0.1, 0.15) is 34.3 Å². The average Bonchev–Trinajstić information content (AvgIpc) is 3.30. The standard InChI is InChI=1S/C20H17N3O3S/c1-25-14-6-4-5-13(9-14)11-26-17-10-18(27-19(17)20(21)24)23-12-22-15-7-2-3-8-16(15)23/h2-10,12H,11H2,1H3,(H2,21,24). The number of imidazole rings is 1. The molecule has 2 aromatic carbocycles. The van der Waals surface area contributed by atoms with Crippen molar-refractivity contribution in [3.05, 3.63) is 71.4 Å². The van der Waals surface area contributed by atoms with Gasteiger partial charge in [0.05, 0.1) is 18.1 Å². The maximum Gasteiger partial charge on any atom is 0.262 e. The van der Waals surface area contributed by atoms with Gasteiger partial charge >= 0.3 is 0 Å². The number of amides is 1. The van der Waals surface area contributed by atoms with Crippen molar-refractivity contribution in [2.24, 2.45) is 5.73 Å². The van der Waals surface area contributed by atoms with Crippen molar-refractivity contribution in [2.45, 2.75) is 6.61 Å². The molecule has 0 aliphatic carbocycles. The summed E-state index contributed by atoms with van der Waals surface area (Å²) >= 11 is 1.28. The first kappa shape index (κ1) is 17.1. The highest BCUT2D eigenvalue weighted by atomic mass is 32.1. The van der Waals surface area contributed by atoms with Gasteiger partial charge in [0, 0.05) is 6.07 Å². The van der Waals surface area contributed by atoms with Gasteiger partial charge in [-0.3, -0.25) is 9.36 Å². The fourth-order valence-corrected chi connectivity index (χ4v) is 3.76. The Morgan fingerprint density at radius 2 is 2.04 bits per heavy atom. The molecule has 4 rings (SSSR count). The van der Waals surface area contributed by atoms with Crippen LogP contribution in [0.5, 0.6) is 11.5 Å². The minimum Gasteiger partial charge on any atom is -0.497 e. The molecule has 0 radical (unpaired) electrons. The SMILES string of the molecule is COc1cccc(COc2cc(-n3cnc4ccccc43)sc2C(N)=O)c1. The van der Waals surface area contributed by atoms with Crippen LogP contribution in [0.25, 0.3) is 16.0 Å². The second-order valence-electron chi connectivity index (χ2n) is 5.89. The molecule has 27 heavy (non-hydrogen) atoms. The Bertz CT molecular complexity index is 1120. The molecule has 2 heterocycles. The van der Waals surface area contributed by atoms with E-state index in [0.29, 0.717) is 17.2 Å². The third kappa shape index (κ3) is 3.37. The van der Waals surface area contributed by atoms with E-state index in [1.165, 1.54) is 11.3 Å². The third-order valence-corrected chi connectivity index (χ3v) is 5.26. The fourth-order valence-electron chi connectivity index (χ4n) is 2.82. The summed E-state index contributed by atoms with van der Waals surface area (Å²) in [6.45, 7) is 0.304. The van der Waals surface area contributed by atoms with Crippen LogP contribution in [0.4, 0.5) is 0 Å². The van der Waals surface area contributed by atoms with Gasteiger partial charge in [-0.2, -0.15) is 0 Å². The Morgan fingerprint density at radius 1 is 1.19 bits per heavy atom. The third-order valence-electron chi connectivity index (χ3n) is 4.13. The van der Waals surface area contributed by atoms with Gasteiger partial charge in [0.15, 0.2) is 0 Å². The van der Waals surface area contributed by atoms with Gasteiger partial charge in [-0.05, 0) is 29.8 Å². The number of ether oxygens (including phenoxy) is 2. The van der Waals surface area contributed by atoms with Gasteiger partial charge in [-0.15, -0.1) is 11.3 Å². The smallest absolute Gasteiger partial charge is 0.262 e. The van der Waals surface area contributed by atoms with Crippen LogP contribution in [0.2, 0.25) is 0 Å². The Balaban J connectivity index is 1.65. The number of hydrogen-bond acceptors (Lipinski definition) is 5. The molecule has 2 aromatic heterocycles. The maximum atomic E-state index is 11.9. The van der Waals surface area contributed by atoms with Crippen molar-refractivity contribution >= 4 is 28.3 Å². The number of rotatable bonds is 6. The molecule has 0 fully saturated rings. The Hall–Kier alpha value is -3.32. The summed E-state index contributed by atoms with van der Waals surface area (Å²) in [5.41, 5.74) is 8.32. The first-order chi connectivity index (χ1) is 13.2. The lowest BCUT2D eigenvalue weighted by Gasteiger charge is -2.07. The van der Waals surface area contributed by atoms with E-state index < -0.39 is 5.91 Å². The monoisotopic (exact) mass is 379 g/mol. The van der Waals surface area contributed by atoms with E-state index >= 15 is 0 Å². The maximum absolute atomic E-state index is 11.9. The molecule has 0 spiro atoms. The molecule has 0 atom stereocenters. The highest BCUT2D eigenvalue weighted by Crippen LogP contribution is 2.34. The molecule has 0 bridgehead atoms. The molecule has 4 aromatic rings. The van der Waals surface area contributed by atoms with E-state index in [1.54, 1.807) is 13.4 Å². The quantitative estimate of drug-likeness (QED) is 0.553. The lowest BCUT2D eigenvalue weighted by atomic mass is 10.2. The van der Waals surface area contributed by atoms with Crippen molar-refractivity contribution in [3.8, 4) is 16.5 Å². The normalized spacial score (nSPS) is 10.9. The van der Waals surface area contributed by atoms with Crippen LogP contribution < -0.4 is 15.2 Å². The van der Waals surface area contributed by atoms with E-state index in [2.05, 4.69) is 4.98 Å². The summed E-state index contributed by atoms with van der Waals surface area (Å²) in [7, 11) is 1.62. The summed E-state index contributed by atoms with van der Waals surface area (Å²) in [6, 6.07) is 17.2. The van der Waals surface area contributed by atoms with E-state index in [1.807, 2.05) is 59.2 Å². The van der Waals surface area contributed by atoms with Gasteiger partial charge in [-0.1, -0.05) is 24.3 Å². The molecule has 0 saturated carbocycles. The summed E-state index contributed by atoms with van der Waals surface area (Å²) in [4.78, 5) is 16.7. The highest BCUT2D eigenvalue weighted by Gasteiger charge is 2.17. The number of nitrogens with zero attached hydrogens (tertiary/aromatic N) is 2. The van der Waals surface area contributed by atoms with Crippen molar-refractivity contribution in [2.75, 3.05) is 7.11 Å². The zero-order chi connectivity index (χ0) is 18.8. The number of methoxy groups -OCH3 is 1.